The Hall–Kier alpha value is -2.06. The Morgan fingerprint density at radius 1 is 1.17 bits per heavy atom. The van der Waals surface area contributed by atoms with E-state index in [1.165, 1.54) is 22.9 Å². The third kappa shape index (κ3) is 3.83. The van der Waals surface area contributed by atoms with Gasteiger partial charge in [-0.15, -0.1) is 0 Å². The molecule has 1 saturated carbocycles. The molecule has 6 nitrogen and oxygen atoms in total. The van der Waals surface area contributed by atoms with Crippen molar-refractivity contribution in [2.45, 2.75) is 30.2 Å². The molecule has 1 aromatic heterocycles. The van der Waals surface area contributed by atoms with Crippen LogP contribution in [0.2, 0.25) is 0 Å². The first kappa shape index (κ1) is 15.8. The van der Waals surface area contributed by atoms with Gasteiger partial charge in [0.05, 0.1) is 17.1 Å². The highest BCUT2D eigenvalue weighted by Crippen LogP contribution is 2.38. The molecule has 0 radical (unpaired) electrons. The van der Waals surface area contributed by atoms with Gasteiger partial charge in [0.1, 0.15) is 5.82 Å². The SMILES string of the molecule is O=c1ccc(C2CC2)nn1CCNS(=O)(=O)c1ccc(F)cc1. The van der Waals surface area contributed by atoms with Gasteiger partial charge in [-0.25, -0.2) is 22.2 Å². The van der Waals surface area contributed by atoms with E-state index in [9.17, 15) is 17.6 Å². The molecular weight excluding hydrogens is 321 g/mol. The van der Waals surface area contributed by atoms with E-state index in [-0.39, 0.29) is 23.5 Å². The zero-order chi connectivity index (χ0) is 16.4. The van der Waals surface area contributed by atoms with E-state index in [1.807, 2.05) is 0 Å². The molecule has 0 saturated heterocycles. The van der Waals surface area contributed by atoms with E-state index < -0.39 is 15.8 Å². The molecule has 3 rings (SSSR count). The molecule has 122 valence electrons. The van der Waals surface area contributed by atoms with Crippen molar-refractivity contribution in [3.05, 3.63) is 58.3 Å². The van der Waals surface area contributed by atoms with E-state index in [2.05, 4.69) is 9.82 Å². The number of nitrogens with one attached hydrogen (secondary N) is 1. The van der Waals surface area contributed by atoms with Crippen molar-refractivity contribution in [2.24, 2.45) is 0 Å². The standard InChI is InChI=1S/C15H16FN3O3S/c16-12-3-5-13(6-4-12)23(21,22)17-9-10-19-15(20)8-7-14(18-19)11-1-2-11/h3-8,11,17H,1-2,9-10H2. The lowest BCUT2D eigenvalue weighted by molar-refractivity contribution is 0.540. The number of benzene rings is 1. The maximum absolute atomic E-state index is 12.8. The van der Waals surface area contributed by atoms with Crippen LogP contribution in [-0.4, -0.2) is 24.7 Å². The van der Waals surface area contributed by atoms with Crippen LogP contribution >= 0.6 is 0 Å². The van der Waals surface area contributed by atoms with E-state index in [0.717, 1.165) is 30.7 Å². The number of halogens is 1. The predicted octanol–water partition coefficient (Wildman–Crippen LogP) is 1.24. The largest absolute Gasteiger partial charge is 0.268 e. The van der Waals surface area contributed by atoms with Gasteiger partial charge in [-0.3, -0.25) is 4.79 Å². The average molecular weight is 337 g/mol. The first-order chi connectivity index (χ1) is 11.0. The number of rotatable bonds is 6. The molecule has 0 amide bonds. The predicted molar refractivity (Wildman–Crippen MR) is 82.1 cm³/mol. The maximum atomic E-state index is 12.8. The zero-order valence-corrected chi connectivity index (χ0v) is 13.1. The van der Waals surface area contributed by atoms with Gasteiger partial charge in [0.2, 0.25) is 10.0 Å². The molecule has 1 fully saturated rings. The van der Waals surface area contributed by atoms with Crippen LogP contribution in [-0.2, 0) is 16.6 Å². The number of nitrogens with zero attached hydrogens (tertiary/aromatic N) is 2. The summed E-state index contributed by atoms with van der Waals surface area (Å²) in [7, 11) is -3.73. The fourth-order valence-electron chi connectivity index (χ4n) is 2.20. The van der Waals surface area contributed by atoms with Gasteiger partial charge in [-0.2, -0.15) is 5.10 Å². The number of sulfonamides is 1. The highest BCUT2D eigenvalue weighted by molar-refractivity contribution is 7.89. The zero-order valence-electron chi connectivity index (χ0n) is 12.3. The molecule has 0 bridgehead atoms. The van der Waals surface area contributed by atoms with Crippen LogP contribution in [0.5, 0.6) is 0 Å². The number of hydrogen-bond acceptors (Lipinski definition) is 4. The highest BCUT2D eigenvalue weighted by Gasteiger charge is 2.25. The molecule has 1 heterocycles. The minimum absolute atomic E-state index is 0.0223. The summed E-state index contributed by atoms with van der Waals surface area (Å²) in [4.78, 5) is 11.7. The monoisotopic (exact) mass is 337 g/mol. The molecule has 1 aromatic carbocycles. The molecular formula is C15H16FN3O3S. The Morgan fingerprint density at radius 3 is 2.52 bits per heavy atom. The van der Waals surface area contributed by atoms with Crippen molar-refractivity contribution in [2.75, 3.05) is 6.54 Å². The lowest BCUT2D eigenvalue weighted by atomic mass is 10.3. The van der Waals surface area contributed by atoms with Gasteiger partial charge in [-0.1, -0.05) is 0 Å². The van der Waals surface area contributed by atoms with Crippen LogP contribution in [0.15, 0.2) is 46.1 Å². The second kappa shape index (κ2) is 6.21. The molecule has 1 aliphatic rings. The highest BCUT2D eigenvalue weighted by atomic mass is 32.2. The topological polar surface area (TPSA) is 81.1 Å². The third-order valence-electron chi connectivity index (χ3n) is 3.62. The molecule has 1 aliphatic carbocycles. The van der Waals surface area contributed by atoms with Gasteiger partial charge in [0.15, 0.2) is 0 Å². The quantitative estimate of drug-likeness (QED) is 0.860. The van der Waals surface area contributed by atoms with E-state index in [0.29, 0.717) is 5.92 Å². The summed E-state index contributed by atoms with van der Waals surface area (Å²) in [5.41, 5.74) is 0.598. The lowest BCUT2D eigenvalue weighted by Gasteiger charge is -2.09. The molecule has 0 atom stereocenters. The molecule has 1 N–H and O–H groups in total. The van der Waals surface area contributed by atoms with Crippen LogP contribution in [0.25, 0.3) is 0 Å². The summed E-state index contributed by atoms with van der Waals surface area (Å²) in [6.45, 7) is 0.167. The smallest absolute Gasteiger partial charge is 0.266 e. The first-order valence-electron chi connectivity index (χ1n) is 7.29. The Balaban J connectivity index is 1.66. The Morgan fingerprint density at radius 2 is 1.87 bits per heavy atom. The van der Waals surface area contributed by atoms with Crippen LogP contribution < -0.4 is 10.3 Å². The Kier molecular flexibility index (Phi) is 4.27. The molecule has 23 heavy (non-hydrogen) atoms. The van der Waals surface area contributed by atoms with Crippen LogP contribution in [0, 0.1) is 5.82 Å². The maximum Gasteiger partial charge on any atom is 0.266 e. The summed E-state index contributed by atoms with van der Waals surface area (Å²) < 4.78 is 40.6. The minimum atomic E-state index is -3.73. The molecule has 2 aromatic rings. The third-order valence-corrected chi connectivity index (χ3v) is 5.10. The molecule has 0 spiro atoms. The van der Waals surface area contributed by atoms with Gasteiger partial charge in [0, 0.05) is 18.5 Å². The van der Waals surface area contributed by atoms with E-state index >= 15 is 0 Å². The Labute approximate surface area is 133 Å². The van der Waals surface area contributed by atoms with Crippen LogP contribution in [0.3, 0.4) is 0 Å². The number of aromatic nitrogens is 2. The van der Waals surface area contributed by atoms with E-state index in [1.54, 1.807) is 6.07 Å². The van der Waals surface area contributed by atoms with Crippen molar-refractivity contribution >= 4 is 10.0 Å². The van der Waals surface area contributed by atoms with Crippen LogP contribution in [0.1, 0.15) is 24.5 Å². The molecule has 0 unspecified atom stereocenters. The minimum Gasteiger partial charge on any atom is -0.268 e. The summed E-state index contributed by atoms with van der Waals surface area (Å²) in [6.07, 6.45) is 2.14. The van der Waals surface area contributed by atoms with Gasteiger partial charge < -0.3 is 0 Å². The van der Waals surface area contributed by atoms with Crippen molar-refractivity contribution in [1.29, 1.82) is 0 Å². The summed E-state index contributed by atoms with van der Waals surface area (Å²) in [6, 6.07) is 7.72. The summed E-state index contributed by atoms with van der Waals surface area (Å²) in [5, 5.41) is 4.26. The van der Waals surface area contributed by atoms with Gasteiger partial charge >= 0.3 is 0 Å². The molecule has 0 aliphatic heterocycles. The lowest BCUT2D eigenvalue weighted by Crippen LogP contribution is -2.32. The normalized spacial score (nSPS) is 14.8. The second-order valence-electron chi connectivity index (χ2n) is 5.45. The first-order valence-corrected chi connectivity index (χ1v) is 8.77. The second-order valence-corrected chi connectivity index (χ2v) is 7.21. The summed E-state index contributed by atoms with van der Waals surface area (Å²) in [5.74, 6) is -0.0886. The fraction of sp³-hybridized carbons (Fsp3) is 0.333. The van der Waals surface area contributed by atoms with Crippen molar-refractivity contribution in [3.63, 3.8) is 0 Å². The van der Waals surface area contributed by atoms with Crippen molar-refractivity contribution < 1.29 is 12.8 Å². The van der Waals surface area contributed by atoms with Crippen molar-refractivity contribution in [1.82, 2.24) is 14.5 Å². The number of hydrogen-bond donors (Lipinski definition) is 1. The average Bonchev–Trinajstić information content (AvgIpc) is 3.34. The molecule has 8 heteroatoms. The Bertz CT molecular complexity index is 858. The van der Waals surface area contributed by atoms with Crippen LogP contribution in [0.4, 0.5) is 4.39 Å². The van der Waals surface area contributed by atoms with Crippen molar-refractivity contribution in [3.8, 4) is 0 Å². The summed E-state index contributed by atoms with van der Waals surface area (Å²) >= 11 is 0. The van der Waals surface area contributed by atoms with E-state index in [4.69, 9.17) is 0 Å². The van der Waals surface area contributed by atoms with Gasteiger partial charge in [0.25, 0.3) is 5.56 Å². The van der Waals surface area contributed by atoms with Gasteiger partial charge in [-0.05, 0) is 43.2 Å². The fourth-order valence-corrected chi connectivity index (χ4v) is 3.23.